The van der Waals surface area contributed by atoms with Crippen molar-refractivity contribution < 1.29 is 14.6 Å². The third kappa shape index (κ3) is 6.01. The number of anilines is 1. The zero-order chi connectivity index (χ0) is 25.7. The maximum absolute atomic E-state index is 12.7. The molecular formula is C29H35N3O3. The Hall–Kier alpha value is -3.80. The number of phenols is 1. The lowest BCUT2D eigenvalue weighted by molar-refractivity contribution is 0.0824. The molecule has 1 amide bonds. The van der Waals surface area contributed by atoms with Gasteiger partial charge in [-0.3, -0.25) is 4.79 Å². The Labute approximate surface area is 208 Å². The molecule has 1 aromatic heterocycles. The first kappa shape index (κ1) is 25.8. The second-order valence-electron chi connectivity index (χ2n) is 9.27. The van der Waals surface area contributed by atoms with Crippen molar-refractivity contribution in [1.82, 2.24) is 9.88 Å². The van der Waals surface area contributed by atoms with Gasteiger partial charge in [-0.05, 0) is 71.9 Å². The first-order valence-electron chi connectivity index (χ1n) is 11.7. The fourth-order valence-electron chi connectivity index (χ4n) is 3.87. The predicted octanol–water partition coefficient (Wildman–Crippen LogP) is 6.32. The van der Waals surface area contributed by atoms with Gasteiger partial charge in [0, 0.05) is 38.5 Å². The van der Waals surface area contributed by atoms with E-state index >= 15 is 0 Å². The molecule has 1 aliphatic rings. The smallest absolute Gasteiger partial charge is 0.257 e. The summed E-state index contributed by atoms with van der Waals surface area (Å²) in [5.74, 6) is 1.54. The van der Waals surface area contributed by atoms with Crippen LogP contribution in [0, 0.1) is 6.92 Å². The Balaban J connectivity index is 1.90. The van der Waals surface area contributed by atoms with Crippen LogP contribution < -0.4 is 5.32 Å². The Morgan fingerprint density at radius 3 is 2.51 bits per heavy atom. The van der Waals surface area contributed by atoms with Gasteiger partial charge in [-0.1, -0.05) is 32.1 Å². The van der Waals surface area contributed by atoms with Crippen LogP contribution in [0.15, 0.2) is 71.8 Å². The summed E-state index contributed by atoms with van der Waals surface area (Å²) in [6.07, 6.45) is 12.5. The average Bonchev–Trinajstić information content (AvgIpc) is 3.08. The minimum absolute atomic E-state index is 0.0418. The number of nitrogens with zero attached hydrogens (tertiary/aromatic N) is 2. The quantitative estimate of drug-likeness (QED) is 0.492. The second kappa shape index (κ2) is 11.1. The molecule has 1 heterocycles. The number of phenolic OH excluding ortho intramolecular Hbond substituents is 1. The van der Waals surface area contributed by atoms with Crippen LogP contribution in [0.25, 0.3) is 11.1 Å². The SMILES string of the molecule is COC1=CC=CC=C(/C(C)=C/Nc2ncc(-c3cc(C(=O)N(C)C)c(O)c(C(C)C)c3)cc2C)C1. The second-order valence-corrected chi connectivity index (χ2v) is 9.27. The number of aromatic hydroxyl groups is 1. The number of benzene rings is 1. The van der Waals surface area contributed by atoms with E-state index < -0.39 is 0 Å². The van der Waals surface area contributed by atoms with E-state index in [0.717, 1.165) is 51.4 Å². The molecule has 0 bridgehead atoms. The molecule has 184 valence electrons. The van der Waals surface area contributed by atoms with Gasteiger partial charge in [0.1, 0.15) is 11.6 Å². The summed E-state index contributed by atoms with van der Waals surface area (Å²) in [6, 6.07) is 5.72. The van der Waals surface area contributed by atoms with Gasteiger partial charge in [-0.2, -0.15) is 0 Å². The number of aromatic nitrogens is 1. The summed E-state index contributed by atoms with van der Waals surface area (Å²) in [6.45, 7) is 8.05. The fourth-order valence-corrected chi connectivity index (χ4v) is 3.87. The van der Waals surface area contributed by atoms with Gasteiger partial charge in [-0.15, -0.1) is 0 Å². The molecule has 0 saturated carbocycles. The van der Waals surface area contributed by atoms with Crippen molar-refractivity contribution in [2.75, 3.05) is 26.5 Å². The molecule has 1 aromatic carbocycles. The maximum Gasteiger partial charge on any atom is 0.257 e. The van der Waals surface area contributed by atoms with E-state index in [1.807, 2.05) is 57.3 Å². The number of nitrogens with one attached hydrogen (secondary N) is 1. The zero-order valence-electron chi connectivity index (χ0n) is 21.6. The van der Waals surface area contributed by atoms with Gasteiger partial charge in [0.25, 0.3) is 5.91 Å². The minimum atomic E-state index is -0.232. The normalized spacial score (nSPS) is 13.8. The van der Waals surface area contributed by atoms with Crippen LogP contribution in [0.2, 0.25) is 0 Å². The number of carbonyl (C=O) groups excluding carboxylic acids is 1. The summed E-state index contributed by atoms with van der Waals surface area (Å²) in [7, 11) is 5.05. The molecule has 6 nitrogen and oxygen atoms in total. The third-order valence-corrected chi connectivity index (χ3v) is 6.06. The monoisotopic (exact) mass is 473 g/mol. The number of hydrogen-bond donors (Lipinski definition) is 2. The molecule has 0 radical (unpaired) electrons. The lowest BCUT2D eigenvalue weighted by Crippen LogP contribution is -2.22. The van der Waals surface area contributed by atoms with Crippen molar-refractivity contribution in [1.29, 1.82) is 0 Å². The highest BCUT2D eigenvalue weighted by Gasteiger charge is 2.20. The lowest BCUT2D eigenvalue weighted by atomic mass is 9.93. The van der Waals surface area contributed by atoms with Crippen LogP contribution in [0.4, 0.5) is 5.82 Å². The van der Waals surface area contributed by atoms with Gasteiger partial charge >= 0.3 is 0 Å². The molecule has 35 heavy (non-hydrogen) atoms. The van der Waals surface area contributed by atoms with E-state index in [1.54, 1.807) is 33.5 Å². The highest BCUT2D eigenvalue weighted by Crippen LogP contribution is 2.35. The summed E-state index contributed by atoms with van der Waals surface area (Å²) < 4.78 is 5.42. The predicted molar refractivity (Wildman–Crippen MR) is 142 cm³/mol. The van der Waals surface area contributed by atoms with Crippen LogP contribution in [0.1, 0.15) is 54.6 Å². The van der Waals surface area contributed by atoms with E-state index in [1.165, 1.54) is 4.90 Å². The number of aryl methyl sites for hydroxylation is 1. The molecule has 0 unspecified atom stereocenters. The van der Waals surface area contributed by atoms with Crippen molar-refractivity contribution in [2.24, 2.45) is 0 Å². The molecule has 6 heteroatoms. The number of amides is 1. The highest BCUT2D eigenvalue weighted by atomic mass is 16.5. The van der Waals surface area contributed by atoms with Crippen molar-refractivity contribution in [2.45, 2.75) is 40.0 Å². The van der Waals surface area contributed by atoms with Gasteiger partial charge in [0.2, 0.25) is 0 Å². The van der Waals surface area contributed by atoms with Gasteiger partial charge in [-0.25, -0.2) is 4.98 Å². The van der Waals surface area contributed by atoms with Crippen molar-refractivity contribution in [3.63, 3.8) is 0 Å². The summed E-state index contributed by atoms with van der Waals surface area (Å²) in [5, 5.41) is 14.1. The lowest BCUT2D eigenvalue weighted by Gasteiger charge is -2.18. The molecule has 0 spiro atoms. The van der Waals surface area contributed by atoms with Crippen LogP contribution >= 0.6 is 0 Å². The molecular weight excluding hydrogens is 438 g/mol. The Morgan fingerprint density at radius 2 is 1.89 bits per heavy atom. The van der Waals surface area contributed by atoms with E-state index in [0.29, 0.717) is 5.56 Å². The van der Waals surface area contributed by atoms with Crippen molar-refractivity contribution in [3.8, 4) is 16.9 Å². The largest absolute Gasteiger partial charge is 0.507 e. The van der Waals surface area contributed by atoms with Crippen molar-refractivity contribution >= 4 is 11.7 Å². The minimum Gasteiger partial charge on any atom is -0.507 e. The van der Waals surface area contributed by atoms with E-state index in [9.17, 15) is 9.90 Å². The summed E-state index contributed by atoms with van der Waals surface area (Å²) in [5.41, 5.74) is 5.99. The third-order valence-electron chi connectivity index (χ3n) is 6.06. The molecule has 0 aliphatic heterocycles. The van der Waals surface area contributed by atoms with Crippen LogP contribution in [0.3, 0.4) is 0 Å². The topological polar surface area (TPSA) is 74.7 Å². The summed E-state index contributed by atoms with van der Waals surface area (Å²) >= 11 is 0. The molecule has 0 saturated heterocycles. The highest BCUT2D eigenvalue weighted by molar-refractivity contribution is 5.98. The number of allylic oxidation sites excluding steroid dienone is 6. The molecule has 2 aromatic rings. The molecule has 0 atom stereocenters. The number of carbonyl (C=O) groups is 1. The van der Waals surface area contributed by atoms with Gasteiger partial charge in [0.05, 0.1) is 18.4 Å². The van der Waals surface area contributed by atoms with E-state index in [-0.39, 0.29) is 17.6 Å². The first-order valence-corrected chi connectivity index (χ1v) is 11.7. The Morgan fingerprint density at radius 1 is 1.17 bits per heavy atom. The Bertz CT molecular complexity index is 1230. The first-order chi connectivity index (χ1) is 16.6. The number of hydrogen-bond acceptors (Lipinski definition) is 5. The number of pyridine rings is 1. The number of ether oxygens (including phenoxy) is 1. The van der Waals surface area contributed by atoms with Crippen LogP contribution in [0.5, 0.6) is 5.75 Å². The number of rotatable bonds is 7. The van der Waals surface area contributed by atoms with E-state index in [4.69, 9.17) is 4.74 Å². The molecule has 2 N–H and O–H groups in total. The average molecular weight is 474 g/mol. The molecule has 3 rings (SSSR count). The number of methoxy groups -OCH3 is 1. The van der Waals surface area contributed by atoms with Crippen molar-refractivity contribution in [3.05, 3.63) is 88.5 Å². The van der Waals surface area contributed by atoms with Crippen LogP contribution in [-0.4, -0.2) is 42.1 Å². The summed E-state index contributed by atoms with van der Waals surface area (Å²) in [4.78, 5) is 18.8. The zero-order valence-corrected chi connectivity index (χ0v) is 21.6. The van der Waals surface area contributed by atoms with Crippen LogP contribution in [-0.2, 0) is 4.74 Å². The Kier molecular flexibility index (Phi) is 8.18. The maximum atomic E-state index is 12.7. The molecule has 1 aliphatic carbocycles. The van der Waals surface area contributed by atoms with Gasteiger partial charge < -0.3 is 20.1 Å². The molecule has 0 fully saturated rings. The fraction of sp³-hybridized carbons (Fsp3) is 0.310. The standard InChI is InChI=1S/C29H35N3O3/c1-18(2)25-14-22(15-26(27(25)33)29(34)32(5)6)23-12-19(3)28(31-17-23)30-16-20(4)21-10-8-9-11-24(13-21)35-7/h8-12,14-18,33H,13H2,1-7H3,(H,30,31)/b20-16+. The van der Waals surface area contributed by atoms with E-state index in [2.05, 4.69) is 23.3 Å². The van der Waals surface area contributed by atoms with Gasteiger partial charge in [0.15, 0.2) is 0 Å².